The Kier molecular flexibility index (Phi) is 5.77. The summed E-state index contributed by atoms with van der Waals surface area (Å²) >= 11 is 0. The summed E-state index contributed by atoms with van der Waals surface area (Å²) in [4.78, 5) is 13.3. The third-order valence-electron chi connectivity index (χ3n) is 3.18. The molecule has 2 unspecified atom stereocenters. The lowest BCUT2D eigenvalue weighted by atomic mass is 10.1. The molecule has 1 saturated heterocycles. The van der Waals surface area contributed by atoms with Crippen molar-refractivity contribution in [2.45, 2.75) is 51.7 Å². The van der Waals surface area contributed by atoms with E-state index in [1.165, 1.54) is 0 Å². The normalized spacial score (nSPS) is 24.2. The van der Waals surface area contributed by atoms with Crippen LogP contribution < -0.4 is 0 Å². The lowest BCUT2D eigenvalue weighted by Crippen LogP contribution is -2.50. The van der Waals surface area contributed by atoms with E-state index in [0.717, 1.165) is 38.8 Å². The molecule has 0 saturated carbocycles. The maximum Gasteiger partial charge on any atom is 0.320 e. The number of carboxylic acids is 1. The van der Waals surface area contributed by atoms with Gasteiger partial charge in [-0.1, -0.05) is 26.7 Å². The van der Waals surface area contributed by atoms with Crippen molar-refractivity contribution in [3.05, 3.63) is 0 Å². The molecule has 0 spiro atoms. The first-order valence-electron chi connectivity index (χ1n) is 6.27. The van der Waals surface area contributed by atoms with Crippen LogP contribution in [0.5, 0.6) is 0 Å². The van der Waals surface area contributed by atoms with Crippen LogP contribution in [0.4, 0.5) is 0 Å². The predicted octanol–water partition coefficient (Wildman–Crippen LogP) is 1.74. The number of carboxylic acid groups (broad SMARTS) is 1. The summed E-state index contributed by atoms with van der Waals surface area (Å²) in [6.07, 6.45) is 3.94. The van der Waals surface area contributed by atoms with Crippen molar-refractivity contribution in [2.24, 2.45) is 0 Å². The fourth-order valence-corrected chi connectivity index (χ4v) is 2.13. The summed E-state index contributed by atoms with van der Waals surface area (Å²) in [6.45, 7) is 6.34. The van der Waals surface area contributed by atoms with Gasteiger partial charge < -0.3 is 9.84 Å². The van der Waals surface area contributed by atoms with Crippen LogP contribution in [0.1, 0.15) is 39.5 Å². The minimum Gasteiger partial charge on any atom is -0.480 e. The van der Waals surface area contributed by atoms with Crippen LogP contribution in [-0.4, -0.2) is 47.8 Å². The first-order valence-corrected chi connectivity index (χ1v) is 6.27. The first kappa shape index (κ1) is 13.5. The van der Waals surface area contributed by atoms with Gasteiger partial charge in [0.25, 0.3) is 0 Å². The molecule has 2 atom stereocenters. The summed E-state index contributed by atoms with van der Waals surface area (Å²) in [5, 5.41) is 9.23. The maximum absolute atomic E-state index is 11.2. The van der Waals surface area contributed by atoms with E-state index < -0.39 is 5.97 Å². The second-order valence-corrected chi connectivity index (χ2v) is 4.39. The van der Waals surface area contributed by atoms with E-state index >= 15 is 0 Å². The Hall–Kier alpha value is -0.610. The lowest BCUT2D eigenvalue weighted by molar-refractivity contribution is -0.147. The Labute approximate surface area is 97.6 Å². The van der Waals surface area contributed by atoms with Gasteiger partial charge in [0.2, 0.25) is 0 Å². The van der Waals surface area contributed by atoms with Crippen LogP contribution in [0.2, 0.25) is 0 Å². The van der Waals surface area contributed by atoms with Gasteiger partial charge in [0.1, 0.15) is 6.04 Å². The summed E-state index contributed by atoms with van der Waals surface area (Å²) in [5.41, 5.74) is 0. The number of nitrogens with zero attached hydrogens (tertiary/aromatic N) is 1. The second kappa shape index (κ2) is 6.86. The fourth-order valence-electron chi connectivity index (χ4n) is 2.13. The van der Waals surface area contributed by atoms with Crippen molar-refractivity contribution in [1.29, 1.82) is 0 Å². The van der Waals surface area contributed by atoms with Crippen LogP contribution in [0, 0.1) is 0 Å². The standard InChI is InChI=1S/C12H23NO3/c1-3-5-6-11(12(14)15)13-7-8-16-10(4-2)9-13/h10-11H,3-9H2,1-2H3,(H,14,15). The number of aliphatic carboxylic acids is 1. The molecule has 1 aliphatic heterocycles. The third-order valence-corrected chi connectivity index (χ3v) is 3.18. The molecule has 0 aromatic rings. The van der Waals surface area contributed by atoms with Gasteiger partial charge in [-0.25, -0.2) is 0 Å². The molecule has 4 nitrogen and oxygen atoms in total. The van der Waals surface area contributed by atoms with Crippen LogP contribution >= 0.6 is 0 Å². The first-order chi connectivity index (χ1) is 7.69. The van der Waals surface area contributed by atoms with E-state index in [9.17, 15) is 9.90 Å². The molecule has 0 aromatic carbocycles. The molecule has 1 fully saturated rings. The van der Waals surface area contributed by atoms with Crippen LogP contribution in [-0.2, 0) is 9.53 Å². The smallest absolute Gasteiger partial charge is 0.320 e. The average Bonchev–Trinajstić information content (AvgIpc) is 2.29. The van der Waals surface area contributed by atoms with Gasteiger partial charge >= 0.3 is 5.97 Å². The summed E-state index contributed by atoms with van der Waals surface area (Å²) in [5.74, 6) is -0.690. The monoisotopic (exact) mass is 229 g/mol. The van der Waals surface area contributed by atoms with Gasteiger partial charge in [-0.3, -0.25) is 9.69 Å². The zero-order chi connectivity index (χ0) is 12.0. The molecule has 0 aromatic heterocycles. The molecule has 0 radical (unpaired) electrons. The molecule has 0 bridgehead atoms. The van der Waals surface area contributed by atoms with E-state index in [0.29, 0.717) is 6.61 Å². The Morgan fingerprint density at radius 1 is 1.56 bits per heavy atom. The molecule has 1 rings (SSSR count). The van der Waals surface area contributed by atoms with Crippen molar-refractivity contribution < 1.29 is 14.6 Å². The van der Waals surface area contributed by atoms with E-state index in [-0.39, 0.29) is 12.1 Å². The summed E-state index contributed by atoms with van der Waals surface area (Å²) in [6, 6.07) is -0.321. The van der Waals surface area contributed by atoms with E-state index in [1.54, 1.807) is 0 Å². The fraction of sp³-hybridized carbons (Fsp3) is 0.917. The van der Waals surface area contributed by atoms with Gasteiger partial charge in [0.05, 0.1) is 12.7 Å². The maximum atomic E-state index is 11.2. The van der Waals surface area contributed by atoms with Gasteiger partial charge in [-0.05, 0) is 12.8 Å². The number of rotatable bonds is 6. The lowest BCUT2D eigenvalue weighted by Gasteiger charge is -2.36. The zero-order valence-corrected chi connectivity index (χ0v) is 10.3. The van der Waals surface area contributed by atoms with Gasteiger partial charge in [-0.15, -0.1) is 0 Å². The van der Waals surface area contributed by atoms with Crippen molar-refractivity contribution >= 4 is 5.97 Å². The molecule has 16 heavy (non-hydrogen) atoms. The van der Waals surface area contributed by atoms with Crippen molar-refractivity contribution in [3.63, 3.8) is 0 Å². The van der Waals surface area contributed by atoms with Gasteiger partial charge in [0.15, 0.2) is 0 Å². The largest absolute Gasteiger partial charge is 0.480 e. The average molecular weight is 229 g/mol. The minimum absolute atomic E-state index is 0.206. The van der Waals surface area contributed by atoms with E-state index in [4.69, 9.17) is 4.74 Å². The Bertz CT molecular complexity index is 220. The van der Waals surface area contributed by atoms with Crippen LogP contribution in [0.3, 0.4) is 0 Å². The Balaban J connectivity index is 2.52. The highest BCUT2D eigenvalue weighted by Crippen LogP contribution is 2.15. The summed E-state index contributed by atoms with van der Waals surface area (Å²) in [7, 11) is 0. The van der Waals surface area contributed by atoms with Crippen molar-refractivity contribution in [2.75, 3.05) is 19.7 Å². The SMILES string of the molecule is CCCCC(C(=O)O)N1CCOC(CC)C1. The topological polar surface area (TPSA) is 49.8 Å². The van der Waals surface area contributed by atoms with Crippen molar-refractivity contribution in [1.82, 2.24) is 4.90 Å². The molecule has 94 valence electrons. The Morgan fingerprint density at radius 2 is 2.31 bits per heavy atom. The van der Waals surface area contributed by atoms with Crippen LogP contribution in [0.15, 0.2) is 0 Å². The molecular weight excluding hydrogens is 206 g/mol. The van der Waals surface area contributed by atoms with Crippen LogP contribution in [0.25, 0.3) is 0 Å². The number of hydrogen-bond acceptors (Lipinski definition) is 3. The second-order valence-electron chi connectivity index (χ2n) is 4.39. The highest BCUT2D eigenvalue weighted by molar-refractivity contribution is 5.73. The molecule has 0 aliphatic carbocycles. The molecule has 4 heteroatoms. The van der Waals surface area contributed by atoms with Gasteiger partial charge in [-0.2, -0.15) is 0 Å². The number of unbranched alkanes of at least 4 members (excludes halogenated alkanes) is 1. The van der Waals surface area contributed by atoms with Crippen molar-refractivity contribution in [3.8, 4) is 0 Å². The highest BCUT2D eigenvalue weighted by atomic mass is 16.5. The zero-order valence-electron chi connectivity index (χ0n) is 10.3. The summed E-state index contributed by atoms with van der Waals surface area (Å²) < 4.78 is 5.56. The number of morpholine rings is 1. The third kappa shape index (κ3) is 3.76. The minimum atomic E-state index is -0.690. The molecule has 1 N–H and O–H groups in total. The quantitative estimate of drug-likeness (QED) is 0.753. The molecule has 1 heterocycles. The predicted molar refractivity (Wildman–Crippen MR) is 62.6 cm³/mol. The number of ether oxygens (including phenoxy) is 1. The number of hydrogen-bond donors (Lipinski definition) is 1. The van der Waals surface area contributed by atoms with E-state index in [1.807, 2.05) is 0 Å². The Morgan fingerprint density at radius 3 is 2.88 bits per heavy atom. The van der Waals surface area contributed by atoms with E-state index in [2.05, 4.69) is 18.7 Å². The van der Waals surface area contributed by atoms with Gasteiger partial charge in [0, 0.05) is 13.1 Å². The number of carbonyl (C=O) groups is 1. The highest BCUT2D eigenvalue weighted by Gasteiger charge is 2.29. The molecule has 1 aliphatic rings. The molecule has 0 amide bonds. The molecular formula is C12H23NO3.